The summed E-state index contributed by atoms with van der Waals surface area (Å²) < 4.78 is 5.41. The smallest absolute Gasteiger partial charge is 0.314 e. The Morgan fingerprint density at radius 3 is 2.72 bits per heavy atom. The van der Waals surface area contributed by atoms with Crippen molar-refractivity contribution in [1.82, 2.24) is 10.3 Å². The topological polar surface area (TPSA) is 88.1 Å². The minimum atomic E-state index is -0.707. The summed E-state index contributed by atoms with van der Waals surface area (Å²) in [7, 11) is 0. The van der Waals surface area contributed by atoms with Gasteiger partial charge in [0.2, 0.25) is 11.8 Å². The summed E-state index contributed by atoms with van der Waals surface area (Å²) in [6.45, 7) is 3.17. The van der Waals surface area contributed by atoms with E-state index in [-0.39, 0.29) is 17.8 Å². The van der Waals surface area contributed by atoms with Gasteiger partial charge in [0.1, 0.15) is 0 Å². The molecule has 156 valence electrons. The lowest BCUT2D eigenvalue weighted by atomic mass is 9.75. The molecule has 2 amide bonds. The fourth-order valence-electron chi connectivity index (χ4n) is 4.10. The van der Waals surface area contributed by atoms with Gasteiger partial charge in [0.25, 0.3) is 0 Å². The number of amides is 2. The largest absolute Gasteiger partial charge is 0.466 e. The fourth-order valence-corrected chi connectivity index (χ4v) is 4.10. The first-order chi connectivity index (χ1) is 14.0. The van der Waals surface area contributed by atoms with Crippen molar-refractivity contribution in [2.45, 2.75) is 51.9 Å². The van der Waals surface area contributed by atoms with Crippen molar-refractivity contribution in [3.63, 3.8) is 0 Å². The van der Waals surface area contributed by atoms with E-state index in [1.54, 1.807) is 4.90 Å². The van der Waals surface area contributed by atoms with Gasteiger partial charge in [-0.3, -0.25) is 14.4 Å². The van der Waals surface area contributed by atoms with E-state index in [1.807, 2.05) is 37.3 Å². The number of likely N-dealkylation sites (tertiary alicyclic amines) is 1. The first-order valence-electron chi connectivity index (χ1n) is 10.4. The first-order valence-corrected chi connectivity index (χ1v) is 10.4. The van der Waals surface area contributed by atoms with Crippen LogP contribution in [0.15, 0.2) is 35.4 Å². The summed E-state index contributed by atoms with van der Waals surface area (Å²) in [6, 6.07) is 9.90. The van der Waals surface area contributed by atoms with Crippen molar-refractivity contribution >= 4 is 23.5 Å². The Hall–Kier alpha value is -2.70. The van der Waals surface area contributed by atoms with Crippen LogP contribution in [0.2, 0.25) is 0 Å². The average Bonchev–Trinajstić information content (AvgIpc) is 2.74. The number of esters is 1. The standard InChI is InChI=1S/C22H29N3O4/c1-2-29-21(28)22(15-17-7-4-3-5-8-17)13-6-14-25(16-22)20(27)12-10-18-9-11-19(26)24-23-18/h3-5,7-8H,2,6,9-16H2,1H3,(H,24,26)/t22-/m0/s1. The van der Waals surface area contributed by atoms with Crippen molar-refractivity contribution in [2.24, 2.45) is 10.5 Å². The van der Waals surface area contributed by atoms with E-state index < -0.39 is 5.41 Å². The normalized spacial score (nSPS) is 21.9. The maximum atomic E-state index is 12.9. The van der Waals surface area contributed by atoms with Crippen LogP contribution in [0.3, 0.4) is 0 Å². The Bertz CT molecular complexity index is 778. The maximum absolute atomic E-state index is 12.9. The third-order valence-corrected chi connectivity index (χ3v) is 5.63. The number of hydrogen-bond donors (Lipinski definition) is 1. The second-order valence-corrected chi connectivity index (χ2v) is 7.80. The molecule has 3 rings (SSSR count). The molecule has 2 aliphatic rings. The number of hydrogen-bond acceptors (Lipinski definition) is 5. The number of rotatable bonds is 7. The van der Waals surface area contributed by atoms with Crippen LogP contribution >= 0.6 is 0 Å². The molecule has 0 saturated carbocycles. The first kappa shape index (κ1) is 21.0. The van der Waals surface area contributed by atoms with Crippen LogP contribution in [0.1, 0.15) is 51.0 Å². The lowest BCUT2D eigenvalue weighted by Crippen LogP contribution is -2.51. The Morgan fingerprint density at radius 2 is 2.03 bits per heavy atom. The molecule has 0 spiro atoms. The number of hydrazone groups is 1. The van der Waals surface area contributed by atoms with Gasteiger partial charge in [-0.2, -0.15) is 5.10 Å². The van der Waals surface area contributed by atoms with Crippen molar-refractivity contribution in [3.8, 4) is 0 Å². The van der Waals surface area contributed by atoms with E-state index in [0.717, 1.165) is 17.7 Å². The highest BCUT2D eigenvalue weighted by Gasteiger charge is 2.44. The Kier molecular flexibility index (Phi) is 7.01. The van der Waals surface area contributed by atoms with Crippen LogP contribution in [0.5, 0.6) is 0 Å². The number of benzene rings is 1. The molecule has 2 heterocycles. The molecule has 7 nitrogen and oxygen atoms in total. The highest BCUT2D eigenvalue weighted by atomic mass is 16.5. The zero-order valence-electron chi connectivity index (χ0n) is 17.0. The molecule has 29 heavy (non-hydrogen) atoms. The molecular weight excluding hydrogens is 370 g/mol. The summed E-state index contributed by atoms with van der Waals surface area (Å²) in [5.41, 5.74) is 3.68. The Balaban J connectivity index is 1.67. The van der Waals surface area contributed by atoms with E-state index in [4.69, 9.17) is 4.74 Å². The number of piperidine rings is 1. The Morgan fingerprint density at radius 1 is 1.24 bits per heavy atom. The van der Waals surface area contributed by atoms with Gasteiger partial charge in [0, 0.05) is 31.6 Å². The van der Waals surface area contributed by atoms with Gasteiger partial charge < -0.3 is 9.64 Å². The second kappa shape index (κ2) is 9.67. The molecule has 1 aromatic carbocycles. The van der Waals surface area contributed by atoms with E-state index in [1.165, 1.54) is 0 Å². The van der Waals surface area contributed by atoms with Gasteiger partial charge in [0.15, 0.2) is 0 Å². The maximum Gasteiger partial charge on any atom is 0.314 e. The molecule has 1 N–H and O–H groups in total. The molecule has 7 heteroatoms. The van der Waals surface area contributed by atoms with Crippen LogP contribution in [0.25, 0.3) is 0 Å². The van der Waals surface area contributed by atoms with Crippen LogP contribution in [-0.2, 0) is 25.5 Å². The predicted molar refractivity (Wildman–Crippen MR) is 109 cm³/mol. The van der Waals surface area contributed by atoms with E-state index in [9.17, 15) is 14.4 Å². The summed E-state index contributed by atoms with van der Waals surface area (Å²) in [5.74, 6) is -0.289. The highest BCUT2D eigenvalue weighted by Crippen LogP contribution is 2.35. The second-order valence-electron chi connectivity index (χ2n) is 7.80. The van der Waals surface area contributed by atoms with Crippen LogP contribution in [0, 0.1) is 5.41 Å². The number of carbonyl (C=O) groups is 3. The highest BCUT2D eigenvalue weighted by molar-refractivity contribution is 5.94. The number of ether oxygens (including phenoxy) is 1. The fraction of sp³-hybridized carbons (Fsp3) is 0.545. The monoisotopic (exact) mass is 399 g/mol. The van der Waals surface area contributed by atoms with Crippen molar-refractivity contribution in [2.75, 3.05) is 19.7 Å². The minimum Gasteiger partial charge on any atom is -0.466 e. The number of carbonyl (C=O) groups excluding carboxylic acids is 3. The third kappa shape index (κ3) is 5.43. The summed E-state index contributed by atoms with van der Waals surface area (Å²) in [4.78, 5) is 38.8. The van der Waals surface area contributed by atoms with Gasteiger partial charge in [-0.15, -0.1) is 0 Å². The average molecular weight is 399 g/mol. The molecule has 0 aliphatic carbocycles. The van der Waals surface area contributed by atoms with Gasteiger partial charge in [-0.25, -0.2) is 5.43 Å². The van der Waals surface area contributed by atoms with E-state index in [0.29, 0.717) is 58.2 Å². The molecule has 0 aromatic heterocycles. The molecule has 1 fully saturated rings. The van der Waals surface area contributed by atoms with Crippen molar-refractivity contribution in [3.05, 3.63) is 35.9 Å². The lowest BCUT2D eigenvalue weighted by molar-refractivity contribution is -0.160. The third-order valence-electron chi connectivity index (χ3n) is 5.63. The molecule has 2 aliphatic heterocycles. The van der Waals surface area contributed by atoms with Gasteiger partial charge >= 0.3 is 5.97 Å². The molecular formula is C22H29N3O4. The van der Waals surface area contributed by atoms with E-state index in [2.05, 4.69) is 10.5 Å². The molecule has 1 saturated heterocycles. The van der Waals surface area contributed by atoms with Crippen LogP contribution < -0.4 is 5.43 Å². The van der Waals surface area contributed by atoms with Crippen LogP contribution in [-0.4, -0.2) is 48.1 Å². The molecule has 0 bridgehead atoms. The molecule has 1 atom stereocenters. The quantitative estimate of drug-likeness (QED) is 0.714. The Labute approximate surface area is 171 Å². The minimum absolute atomic E-state index is 0.0195. The zero-order chi connectivity index (χ0) is 20.7. The predicted octanol–water partition coefficient (Wildman–Crippen LogP) is 2.45. The van der Waals surface area contributed by atoms with Crippen LogP contribution in [0.4, 0.5) is 0 Å². The van der Waals surface area contributed by atoms with Crippen molar-refractivity contribution < 1.29 is 19.1 Å². The van der Waals surface area contributed by atoms with Crippen molar-refractivity contribution in [1.29, 1.82) is 0 Å². The number of nitrogens with one attached hydrogen (secondary N) is 1. The summed E-state index contributed by atoms with van der Waals surface area (Å²) in [5, 5.41) is 4.04. The molecule has 0 radical (unpaired) electrons. The SMILES string of the molecule is CCOC(=O)[C@]1(Cc2ccccc2)CCCN(C(=O)CCC2=NNC(=O)CC2)C1. The zero-order valence-corrected chi connectivity index (χ0v) is 17.0. The summed E-state index contributed by atoms with van der Waals surface area (Å²) >= 11 is 0. The molecule has 1 aromatic rings. The number of nitrogens with zero attached hydrogens (tertiary/aromatic N) is 2. The van der Waals surface area contributed by atoms with E-state index >= 15 is 0 Å². The van der Waals surface area contributed by atoms with Gasteiger partial charge in [0.05, 0.1) is 12.0 Å². The van der Waals surface area contributed by atoms with Gasteiger partial charge in [-0.1, -0.05) is 30.3 Å². The lowest BCUT2D eigenvalue weighted by Gasteiger charge is -2.41. The molecule has 0 unspecified atom stereocenters. The summed E-state index contributed by atoms with van der Waals surface area (Å²) in [6.07, 6.45) is 3.92. The van der Waals surface area contributed by atoms with Gasteiger partial charge in [-0.05, 0) is 44.6 Å².